The molecule has 0 fully saturated rings. The number of nitrogens with zero attached hydrogens (tertiary/aromatic N) is 7. The number of nitrogens with one attached hydrogen (secondary N) is 1. The number of anilines is 2. The van der Waals surface area contributed by atoms with E-state index in [1.165, 1.54) is 22.3 Å². The van der Waals surface area contributed by atoms with E-state index < -0.39 is 4.92 Å². The molecule has 0 aliphatic rings. The molecule has 11 heteroatoms. The second kappa shape index (κ2) is 6.11. The average Bonchev–Trinajstić information content (AvgIpc) is 3.18. The van der Waals surface area contributed by atoms with Gasteiger partial charge in [0.2, 0.25) is 11.6 Å². The molecule has 0 radical (unpaired) electrons. The van der Waals surface area contributed by atoms with Crippen molar-refractivity contribution in [2.75, 3.05) is 5.32 Å². The lowest BCUT2D eigenvalue weighted by Gasteiger charge is -2.06. The van der Waals surface area contributed by atoms with Gasteiger partial charge in [0.25, 0.3) is 0 Å². The summed E-state index contributed by atoms with van der Waals surface area (Å²) in [6, 6.07) is 7.15. The van der Waals surface area contributed by atoms with Gasteiger partial charge in [-0.05, 0) is 26.0 Å². The molecule has 0 amide bonds. The molecule has 0 saturated carbocycles. The predicted octanol–water partition coefficient (Wildman–Crippen LogP) is 2.94. The summed E-state index contributed by atoms with van der Waals surface area (Å²) >= 11 is 1.40. The number of fused-ring (bicyclic) bond motifs is 1. The molecule has 0 spiro atoms. The monoisotopic (exact) mass is 368 g/mol. The molecule has 10 nitrogen and oxygen atoms in total. The molecule has 0 bridgehead atoms. The minimum atomic E-state index is -0.540. The number of hydrogen-bond donors (Lipinski definition) is 1. The molecular formula is C15H12N8O2S. The summed E-state index contributed by atoms with van der Waals surface area (Å²) in [4.78, 5) is 24.7. The Morgan fingerprint density at radius 1 is 1.23 bits per heavy atom. The van der Waals surface area contributed by atoms with Crippen LogP contribution in [0.1, 0.15) is 10.6 Å². The highest BCUT2D eigenvalue weighted by Gasteiger charge is 2.27. The van der Waals surface area contributed by atoms with Gasteiger partial charge in [-0.15, -0.1) is 16.4 Å². The minimum Gasteiger partial charge on any atom is -0.310 e. The number of nitro groups is 1. The number of para-hydroxylation sites is 1. The standard InChI is InChI=1S/C15H12N8O2S/c1-8-9(2)26-15(18-8)19-13-12(23(24)25)14(17-7-16-13)22-11-6-4-3-5-10(11)20-21-22/h3-7H,1-2H3,(H,16,17,18,19). The lowest BCUT2D eigenvalue weighted by atomic mass is 10.3. The summed E-state index contributed by atoms with van der Waals surface area (Å²) in [5.74, 6) is 0.0829. The predicted molar refractivity (Wildman–Crippen MR) is 96.0 cm³/mol. The molecule has 4 aromatic rings. The number of aromatic nitrogens is 6. The van der Waals surface area contributed by atoms with Crippen LogP contribution in [-0.4, -0.2) is 34.9 Å². The highest BCUT2D eigenvalue weighted by Crippen LogP contribution is 2.32. The number of aryl methyl sites for hydroxylation is 2. The van der Waals surface area contributed by atoms with Crippen LogP contribution in [0.4, 0.5) is 16.6 Å². The molecule has 0 atom stereocenters. The van der Waals surface area contributed by atoms with E-state index in [9.17, 15) is 10.1 Å². The highest BCUT2D eigenvalue weighted by molar-refractivity contribution is 7.15. The molecule has 3 aromatic heterocycles. The van der Waals surface area contributed by atoms with E-state index in [-0.39, 0.29) is 17.3 Å². The maximum Gasteiger partial charge on any atom is 0.356 e. The van der Waals surface area contributed by atoms with Gasteiger partial charge in [-0.25, -0.2) is 15.0 Å². The molecule has 0 saturated heterocycles. The van der Waals surface area contributed by atoms with Gasteiger partial charge in [-0.1, -0.05) is 17.3 Å². The number of hydrogen-bond acceptors (Lipinski definition) is 9. The third-order valence-electron chi connectivity index (χ3n) is 3.79. The van der Waals surface area contributed by atoms with Crippen molar-refractivity contribution in [1.29, 1.82) is 0 Å². The van der Waals surface area contributed by atoms with Gasteiger partial charge in [-0.2, -0.15) is 4.68 Å². The molecule has 3 heterocycles. The van der Waals surface area contributed by atoms with Crippen LogP contribution in [0.2, 0.25) is 0 Å². The first-order valence-corrected chi connectivity index (χ1v) is 8.37. The van der Waals surface area contributed by atoms with E-state index in [0.717, 1.165) is 10.6 Å². The Balaban J connectivity index is 1.87. The van der Waals surface area contributed by atoms with Crippen molar-refractivity contribution in [3.8, 4) is 5.82 Å². The Morgan fingerprint density at radius 2 is 2.04 bits per heavy atom. The Morgan fingerprint density at radius 3 is 2.77 bits per heavy atom. The fourth-order valence-electron chi connectivity index (χ4n) is 2.44. The average molecular weight is 368 g/mol. The van der Waals surface area contributed by atoms with E-state index in [2.05, 4.69) is 30.6 Å². The van der Waals surface area contributed by atoms with Crippen molar-refractivity contribution >= 4 is 39.0 Å². The Kier molecular flexibility index (Phi) is 3.77. The molecule has 26 heavy (non-hydrogen) atoms. The smallest absolute Gasteiger partial charge is 0.310 e. The van der Waals surface area contributed by atoms with Crippen molar-refractivity contribution in [2.24, 2.45) is 0 Å². The fraction of sp³-hybridized carbons (Fsp3) is 0.133. The Bertz CT molecular complexity index is 1120. The molecule has 1 aromatic carbocycles. The SMILES string of the molecule is Cc1nc(Nc2ncnc(-n3nnc4ccccc43)c2[N+](=O)[O-])sc1C. The molecule has 0 aliphatic carbocycles. The first kappa shape index (κ1) is 16.0. The van der Waals surface area contributed by atoms with E-state index in [0.29, 0.717) is 16.2 Å². The Hall–Kier alpha value is -3.47. The zero-order valence-electron chi connectivity index (χ0n) is 13.7. The molecule has 4 rings (SSSR count). The van der Waals surface area contributed by atoms with E-state index in [1.54, 1.807) is 18.2 Å². The van der Waals surface area contributed by atoms with Gasteiger partial charge in [0.05, 0.1) is 16.1 Å². The molecular weight excluding hydrogens is 356 g/mol. The molecule has 0 aliphatic heterocycles. The van der Waals surface area contributed by atoms with Crippen LogP contribution >= 0.6 is 11.3 Å². The number of benzene rings is 1. The quantitative estimate of drug-likeness (QED) is 0.430. The lowest BCUT2D eigenvalue weighted by Crippen LogP contribution is -2.08. The van der Waals surface area contributed by atoms with Crippen LogP contribution in [0.25, 0.3) is 16.9 Å². The molecule has 130 valence electrons. The summed E-state index contributed by atoms with van der Waals surface area (Å²) in [5.41, 5.74) is 1.78. The highest BCUT2D eigenvalue weighted by atomic mass is 32.1. The first-order valence-electron chi connectivity index (χ1n) is 7.56. The van der Waals surface area contributed by atoms with Gasteiger partial charge in [0, 0.05) is 4.88 Å². The van der Waals surface area contributed by atoms with E-state index >= 15 is 0 Å². The maximum atomic E-state index is 11.7. The zero-order valence-corrected chi connectivity index (χ0v) is 14.6. The van der Waals surface area contributed by atoms with Crippen LogP contribution in [-0.2, 0) is 0 Å². The summed E-state index contributed by atoms with van der Waals surface area (Å²) < 4.78 is 1.33. The largest absolute Gasteiger partial charge is 0.356 e. The summed E-state index contributed by atoms with van der Waals surface area (Å²) in [6.07, 6.45) is 1.24. The van der Waals surface area contributed by atoms with Gasteiger partial charge in [0.15, 0.2) is 5.13 Å². The normalized spacial score (nSPS) is 11.0. The minimum absolute atomic E-state index is 0.0335. The summed E-state index contributed by atoms with van der Waals surface area (Å²) in [6.45, 7) is 3.80. The molecule has 0 unspecified atom stereocenters. The zero-order chi connectivity index (χ0) is 18.3. The van der Waals surface area contributed by atoms with Crippen LogP contribution in [0.3, 0.4) is 0 Å². The van der Waals surface area contributed by atoms with Crippen LogP contribution in [0, 0.1) is 24.0 Å². The summed E-state index contributed by atoms with van der Waals surface area (Å²) in [5, 5.41) is 23.2. The van der Waals surface area contributed by atoms with Crippen LogP contribution in [0.15, 0.2) is 30.6 Å². The van der Waals surface area contributed by atoms with Crippen molar-refractivity contribution in [2.45, 2.75) is 13.8 Å². The van der Waals surface area contributed by atoms with Crippen LogP contribution in [0.5, 0.6) is 0 Å². The number of rotatable bonds is 4. The van der Waals surface area contributed by atoms with Crippen molar-refractivity contribution < 1.29 is 4.92 Å². The van der Waals surface area contributed by atoms with Crippen molar-refractivity contribution in [1.82, 2.24) is 29.9 Å². The topological polar surface area (TPSA) is 125 Å². The second-order valence-corrected chi connectivity index (χ2v) is 6.63. The van der Waals surface area contributed by atoms with Crippen LogP contribution < -0.4 is 5.32 Å². The Labute approximate surface area is 150 Å². The van der Waals surface area contributed by atoms with Gasteiger partial charge < -0.3 is 5.32 Å². The van der Waals surface area contributed by atoms with E-state index in [4.69, 9.17) is 0 Å². The van der Waals surface area contributed by atoms with Gasteiger partial charge in [0.1, 0.15) is 11.8 Å². The van der Waals surface area contributed by atoms with Crippen molar-refractivity contribution in [3.63, 3.8) is 0 Å². The first-order chi connectivity index (χ1) is 12.5. The maximum absolute atomic E-state index is 11.7. The lowest BCUT2D eigenvalue weighted by molar-refractivity contribution is -0.384. The third-order valence-corrected chi connectivity index (χ3v) is 4.78. The third kappa shape index (κ3) is 2.63. The van der Waals surface area contributed by atoms with Gasteiger partial charge >= 0.3 is 5.69 Å². The molecule has 1 N–H and O–H groups in total. The number of thiazole rings is 1. The van der Waals surface area contributed by atoms with Gasteiger partial charge in [-0.3, -0.25) is 10.1 Å². The van der Waals surface area contributed by atoms with Crippen molar-refractivity contribution in [3.05, 3.63) is 51.3 Å². The summed E-state index contributed by atoms with van der Waals surface area (Å²) in [7, 11) is 0. The second-order valence-electron chi connectivity index (χ2n) is 5.43. The van der Waals surface area contributed by atoms with E-state index in [1.807, 2.05) is 19.9 Å². The fourth-order valence-corrected chi connectivity index (χ4v) is 3.25.